The fraction of sp³-hybridized carbons (Fsp3) is 0.250. The highest BCUT2D eigenvalue weighted by Crippen LogP contribution is 2.25. The van der Waals surface area contributed by atoms with Crippen LogP contribution in [0.5, 0.6) is 11.5 Å². The van der Waals surface area contributed by atoms with Gasteiger partial charge in [0.15, 0.2) is 11.6 Å². The van der Waals surface area contributed by atoms with Crippen LogP contribution in [0.25, 0.3) is 0 Å². The highest BCUT2D eigenvalue weighted by Gasteiger charge is 2.10. The summed E-state index contributed by atoms with van der Waals surface area (Å²) in [5.41, 5.74) is 0. The van der Waals surface area contributed by atoms with Gasteiger partial charge in [0, 0.05) is 12.1 Å². The Morgan fingerprint density at radius 3 is 2.25 bits per heavy atom. The summed E-state index contributed by atoms with van der Waals surface area (Å²) in [5, 5.41) is 0. The zero-order valence-electron chi connectivity index (χ0n) is 6.73. The van der Waals surface area contributed by atoms with Crippen LogP contribution in [0.15, 0.2) is 12.1 Å². The minimum Gasteiger partial charge on any atom is -0.497 e. The second-order valence-corrected chi connectivity index (χ2v) is 2.13. The molecule has 0 bridgehead atoms. The van der Waals surface area contributed by atoms with Gasteiger partial charge in [-0.3, -0.25) is 0 Å². The molecule has 4 heteroatoms. The molecule has 0 radical (unpaired) electrons. The molecule has 1 aromatic carbocycles. The summed E-state index contributed by atoms with van der Waals surface area (Å²) < 4.78 is 34.7. The first-order chi connectivity index (χ1) is 5.69. The Hall–Kier alpha value is -1.32. The molecule has 0 unspecified atom stereocenters. The summed E-state index contributed by atoms with van der Waals surface area (Å²) in [6.45, 7) is 0. The molecule has 0 amide bonds. The maximum atomic E-state index is 12.8. The van der Waals surface area contributed by atoms with Crippen LogP contribution in [0.4, 0.5) is 8.78 Å². The summed E-state index contributed by atoms with van der Waals surface area (Å²) in [6.07, 6.45) is 0. The standard InChI is InChI=1S/C8H8F2O2/c1-11-5-3-6(9)8(10)7(4-5)12-2/h3-4H,1-2H3. The monoisotopic (exact) mass is 174 g/mol. The largest absolute Gasteiger partial charge is 0.497 e. The van der Waals surface area contributed by atoms with Crippen LogP contribution < -0.4 is 9.47 Å². The van der Waals surface area contributed by atoms with E-state index in [2.05, 4.69) is 4.74 Å². The lowest BCUT2D eigenvalue weighted by Gasteiger charge is -2.05. The minimum atomic E-state index is -1.00. The van der Waals surface area contributed by atoms with Gasteiger partial charge in [-0.15, -0.1) is 0 Å². The molecule has 0 spiro atoms. The molecule has 2 nitrogen and oxygen atoms in total. The average Bonchev–Trinajstić information content (AvgIpc) is 2.09. The Kier molecular flexibility index (Phi) is 2.47. The Balaban J connectivity index is 3.19. The molecular formula is C8H8F2O2. The van der Waals surface area contributed by atoms with Gasteiger partial charge in [-0.2, -0.15) is 4.39 Å². The van der Waals surface area contributed by atoms with E-state index >= 15 is 0 Å². The van der Waals surface area contributed by atoms with Crippen molar-refractivity contribution >= 4 is 0 Å². The average molecular weight is 174 g/mol. The van der Waals surface area contributed by atoms with Gasteiger partial charge < -0.3 is 9.47 Å². The second kappa shape index (κ2) is 3.38. The maximum absolute atomic E-state index is 12.8. The van der Waals surface area contributed by atoms with Gasteiger partial charge in [-0.05, 0) is 0 Å². The number of benzene rings is 1. The second-order valence-electron chi connectivity index (χ2n) is 2.13. The van der Waals surface area contributed by atoms with Gasteiger partial charge in [0.1, 0.15) is 5.75 Å². The summed E-state index contributed by atoms with van der Waals surface area (Å²) in [4.78, 5) is 0. The molecule has 0 saturated heterocycles. The lowest BCUT2D eigenvalue weighted by atomic mass is 10.3. The molecule has 0 heterocycles. The van der Waals surface area contributed by atoms with Crippen molar-refractivity contribution in [2.24, 2.45) is 0 Å². The molecule has 1 rings (SSSR count). The molecular weight excluding hydrogens is 166 g/mol. The highest BCUT2D eigenvalue weighted by atomic mass is 19.2. The van der Waals surface area contributed by atoms with Gasteiger partial charge in [0.2, 0.25) is 5.82 Å². The molecule has 66 valence electrons. The van der Waals surface area contributed by atoms with Crippen molar-refractivity contribution in [3.63, 3.8) is 0 Å². The number of rotatable bonds is 2. The molecule has 12 heavy (non-hydrogen) atoms. The number of halogens is 2. The Morgan fingerprint density at radius 2 is 1.75 bits per heavy atom. The van der Waals surface area contributed by atoms with Crippen LogP contribution in [0, 0.1) is 11.6 Å². The summed E-state index contributed by atoms with van der Waals surface area (Å²) in [6, 6.07) is 2.23. The van der Waals surface area contributed by atoms with E-state index in [4.69, 9.17) is 4.74 Å². The fourth-order valence-electron chi connectivity index (χ4n) is 0.807. The van der Waals surface area contributed by atoms with E-state index in [0.29, 0.717) is 0 Å². The molecule has 0 N–H and O–H groups in total. The lowest BCUT2D eigenvalue weighted by Crippen LogP contribution is -1.93. The molecule has 0 aliphatic heterocycles. The van der Waals surface area contributed by atoms with Crippen LogP contribution in [-0.4, -0.2) is 14.2 Å². The summed E-state index contributed by atoms with van der Waals surface area (Å²) in [5.74, 6) is -1.91. The predicted molar refractivity (Wildman–Crippen MR) is 39.5 cm³/mol. The quantitative estimate of drug-likeness (QED) is 0.682. The number of hydrogen-bond donors (Lipinski definition) is 0. The van der Waals surface area contributed by atoms with Crippen LogP contribution in [0.1, 0.15) is 0 Å². The topological polar surface area (TPSA) is 18.5 Å². The van der Waals surface area contributed by atoms with Crippen LogP contribution >= 0.6 is 0 Å². The van der Waals surface area contributed by atoms with Crippen molar-refractivity contribution in [2.45, 2.75) is 0 Å². The Labute approximate surface area is 68.7 Å². The van der Waals surface area contributed by atoms with Gasteiger partial charge in [-0.25, -0.2) is 4.39 Å². The van der Waals surface area contributed by atoms with Gasteiger partial charge in [0.05, 0.1) is 14.2 Å². The third-order valence-electron chi connectivity index (χ3n) is 1.42. The predicted octanol–water partition coefficient (Wildman–Crippen LogP) is 1.98. The fourth-order valence-corrected chi connectivity index (χ4v) is 0.807. The first-order valence-electron chi connectivity index (χ1n) is 3.26. The van der Waals surface area contributed by atoms with E-state index in [0.717, 1.165) is 6.07 Å². The molecule has 0 atom stereocenters. The van der Waals surface area contributed by atoms with Crippen molar-refractivity contribution < 1.29 is 18.3 Å². The van der Waals surface area contributed by atoms with Crippen LogP contribution in [0.2, 0.25) is 0 Å². The van der Waals surface area contributed by atoms with Gasteiger partial charge in [0.25, 0.3) is 0 Å². The normalized spacial score (nSPS) is 9.67. The smallest absolute Gasteiger partial charge is 0.200 e. The van der Waals surface area contributed by atoms with Crippen molar-refractivity contribution in [1.82, 2.24) is 0 Å². The van der Waals surface area contributed by atoms with E-state index in [1.807, 2.05) is 0 Å². The number of hydrogen-bond acceptors (Lipinski definition) is 2. The van der Waals surface area contributed by atoms with E-state index in [-0.39, 0.29) is 11.5 Å². The third-order valence-corrected chi connectivity index (χ3v) is 1.42. The van der Waals surface area contributed by atoms with E-state index in [1.165, 1.54) is 20.3 Å². The molecule has 0 aromatic heterocycles. The molecule has 0 saturated carbocycles. The van der Waals surface area contributed by atoms with Crippen LogP contribution in [-0.2, 0) is 0 Å². The number of methoxy groups -OCH3 is 2. The first kappa shape index (κ1) is 8.77. The molecule has 0 aliphatic rings. The summed E-state index contributed by atoms with van der Waals surface area (Å²) >= 11 is 0. The number of ether oxygens (including phenoxy) is 2. The van der Waals surface area contributed by atoms with Gasteiger partial charge >= 0.3 is 0 Å². The first-order valence-corrected chi connectivity index (χ1v) is 3.26. The van der Waals surface area contributed by atoms with Crippen molar-refractivity contribution in [3.8, 4) is 11.5 Å². The van der Waals surface area contributed by atoms with E-state index < -0.39 is 11.6 Å². The molecule has 0 aliphatic carbocycles. The van der Waals surface area contributed by atoms with Crippen molar-refractivity contribution in [2.75, 3.05) is 14.2 Å². The van der Waals surface area contributed by atoms with Crippen molar-refractivity contribution in [3.05, 3.63) is 23.8 Å². The van der Waals surface area contributed by atoms with E-state index in [9.17, 15) is 8.78 Å². The van der Waals surface area contributed by atoms with Crippen molar-refractivity contribution in [1.29, 1.82) is 0 Å². The Morgan fingerprint density at radius 1 is 1.08 bits per heavy atom. The van der Waals surface area contributed by atoms with Gasteiger partial charge in [-0.1, -0.05) is 0 Å². The zero-order chi connectivity index (χ0) is 9.14. The molecule has 1 aromatic rings. The summed E-state index contributed by atoms with van der Waals surface area (Å²) in [7, 11) is 2.63. The minimum absolute atomic E-state index is 0.160. The van der Waals surface area contributed by atoms with Crippen LogP contribution in [0.3, 0.4) is 0 Å². The van der Waals surface area contributed by atoms with E-state index in [1.54, 1.807) is 0 Å². The molecule has 0 fully saturated rings. The SMILES string of the molecule is COc1cc(F)c(F)c(OC)c1. The highest BCUT2D eigenvalue weighted by molar-refractivity contribution is 5.35. The lowest BCUT2D eigenvalue weighted by molar-refractivity contribution is 0.358. The third kappa shape index (κ3) is 1.47. The Bertz CT molecular complexity index is 287. The maximum Gasteiger partial charge on any atom is 0.200 e. The zero-order valence-corrected chi connectivity index (χ0v) is 6.73.